The third-order valence-electron chi connectivity index (χ3n) is 5.30. The standard InChI is InChI=1S/C26H31N3O4S/c1-5-29-18(4)23(25(31)33-15-17(2)3)24(28-26(29)34)19-10-9-11-20(14-19)27-22(30)16-32-21-12-7-6-8-13-21/h6-14,17,24H,5,15-16H2,1-4H3,(H,27,30)(H,28,34). The average Bonchev–Trinajstić information content (AvgIpc) is 2.82. The Morgan fingerprint density at radius 1 is 1.15 bits per heavy atom. The number of allylic oxidation sites excluding steroid dienone is 1. The molecule has 1 aliphatic rings. The summed E-state index contributed by atoms with van der Waals surface area (Å²) in [4.78, 5) is 27.4. The van der Waals surface area contributed by atoms with Gasteiger partial charge in [-0.1, -0.05) is 44.2 Å². The van der Waals surface area contributed by atoms with Crippen molar-refractivity contribution in [3.63, 3.8) is 0 Å². The van der Waals surface area contributed by atoms with Crippen molar-refractivity contribution in [2.24, 2.45) is 5.92 Å². The monoisotopic (exact) mass is 481 g/mol. The molecule has 180 valence electrons. The minimum Gasteiger partial charge on any atom is -0.484 e. The first-order chi connectivity index (χ1) is 16.3. The van der Waals surface area contributed by atoms with Crippen LogP contribution in [0.15, 0.2) is 65.9 Å². The van der Waals surface area contributed by atoms with Crippen molar-refractivity contribution in [3.8, 4) is 5.75 Å². The molecule has 0 saturated carbocycles. The van der Waals surface area contributed by atoms with Gasteiger partial charge in [0.05, 0.1) is 18.2 Å². The summed E-state index contributed by atoms with van der Waals surface area (Å²) < 4.78 is 11.1. The molecule has 0 saturated heterocycles. The summed E-state index contributed by atoms with van der Waals surface area (Å²) in [6.07, 6.45) is 0. The molecule has 1 aliphatic heterocycles. The number of amides is 1. The first-order valence-electron chi connectivity index (χ1n) is 11.3. The topological polar surface area (TPSA) is 79.9 Å². The number of thiocarbonyl (C=S) groups is 1. The molecule has 1 amide bonds. The molecule has 7 nitrogen and oxygen atoms in total. The number of nitrogens with zero attached hydrogens (tertiary/aromatic N) is 1. The van der Waals surface area contributed by atoms with E-state index in [-0.39, 0.29) is 24.4 Å². The van der Waals surface area contributed by atoms with Crippen molar-refractivity contribution >= 4 is 34.9 Å². The molecule has 0 bridgehead atoms. The van der Waals surface area contributed by atoms with Gasteiger partial charge in [0.1, 0.15) is 5.75 Å². The van der Waals surface area contributed by atoms with E-state index in [9.17, 15) is 9.59 Å². The highest BCUT2D eigenvalue weighted by Crippen LogP contribution is 2.32. The van der Waals surface area contributed by atoms with E-state index in [4.69, 9.17) is 21.7 Å². The van der Waals surface area contributed by atoms with E-state index in [0.29, 0.717) is 35.3 Å². The summed E-state index contributed by atoms with van der Waals surface area (Å²) in [5.74, 6) is 0.181. The SMILES string of the molecule is CCN1C(=S)NC(c2cccc(NC(=O)COc3ccccc3)c2)C(C(=O)OCC(C)C)=C1C. The molecule has 0 radical (unpaired) electrons. The van der Waals surface area contributed by atoms with E-state index in [1.54, 1.807) is 18.2 Å². The molecule has 0 aromatic heterocycles. The van der Waals surface area contributed by atoms with Crippen LogP contribution < -0.4 is 15.4 Å². The molecular weight excluding hydrogens is 450 g/mol. The first-order valence-corrected chi connectivity index (χ1v) is 11.7. The molecule has 8 heteroatoms. The number of anilines is 1. The molecule has 1 heterocycles. The molecule has 2 aromatic carbocycles. The van der Waals surface area contributed by atoms with E-state index >= 15 is 0 Å². The Labute approximate surface area is 206 Å². The van der Waals surface area contributed by atoms with Gasteiger partial charge >= 0.3 is 5.97 Å². The summed E-state index contributed by atoms with van der Waals surface area (Å²) >= 11 is 5.55. The first kappa shape index (κ1) is 25.2. The zero-order chi connectivity index (χ0) is 24.7. The summed E-state index contributed by atoms with van der Waals surface area (Å²) in [7, 11) is 0. The van der Waals surface area contributed by atoms with Gasteiger partial charge in [0.15, 0.2) is 11.7 Å². The van der Waals surface area contributed by atoms with Crippen molar-refractivity contribution in [1.29, 1.82) is 0 Å². The second kappa shape index (κ2) is 11.7. The van der Waals surface area contributed by atoms with Gasteiger partial charge in [-0.05, 0) is 61.8 Å². The van der Waals surface area contributed by atoms with Crippen LogP contribution in [0, 0.1) is 5.92 Å². The molecule has 1 unspecified atom stereocenters. The van der Waals surface area contributed by atoms with Gasteiger partial charge in [-0.3, -0.25) is 4.79 Å². The molecular formula is C26H31N3O4S. The maximum Gasteiger partial charge on any atom is 0.338 e. The van der Waals surface area contributed by atoms with Crippen LogP contribution >= 0.6 is 12.2 Å². The lowest BCUT2D eigenvalue weighted by molar-refractivity contribution is -0.140. The van der Waals surface area contributed by atoms with Gasteiger partial charge < -0.3 is 25.0 Å². The van der Waals surface area contributed by atoms with Gasteiger partial charge in [-0.25, -0.2) is 4.79 Å². The average molecular weight is 482 g/mol. The Kier molecular flexibility index (Phi) is 8.65. The number of esters is 1. The summed E-state index contributed by atoms with van der Waals surface area (Å²) in [5.41, 5.74) is 2.65. The zero-order valence-corrected chi connectivity index (χ0v) is 20.8. The number of ether oxygens (including phenoxy) is 2. The van der Waals surface area contributed by atoms with E-state index in [1.165, 1.54) is 0 Å². The highest BCUT2D eigenvalue weighted by atomic mass is 32.1. The number of hydrogen-bond acceptors (Lipinski definition) is 5. The van der Waals surface area contributed by atoms with Crippen LogP contribution in [0.3, 0.4) is 0 Å². The number of carbonyl (C=O) groups excluding carboxylic acids is 2. The molecule has 2 N–H and O–H groups in total. The number of para-hydroxylation sites is 1. The van der Waals surface area contributed by atoms with Crippen LogP contribution in [0.25, 0.3) is 0 Å². The third-order valence-corrected chi connectivity index (χ3v) is 5.64. The minimum absolute atomic E-state index is 0.114. The molecule has 2 aromatic rings. The van der Waals surface area contributed by atoms with Crippen LogP contribution in [-0.2, 0) is 14.3 Å². The minimum atomic E-state index is -0.493. The predicted molar refractivity (Wildman–Crippen MR) is 136 cm³/mol. The van der Waals surface area contributed by atoms with Crippen LogP contribution in [0.2, 0.25) is 0 Å². The van der Waals surface area contributed by atoms with Gasteiger partial charge in [0, 0.05) is 17.9 Å². The summed E-state index contributed by atoms with van der Waals surface area (Å²) in [5, 5.41) is 6.66. The fourth-order valence-corrected chi connectivity index (χ4v) is 4.04. The molecule has 0 fully saturated rings. The smallest absolute Gasteiger partial charge is 0.338 e. The van der Waals surface area contributed by atoms with Crippen LogP contribution in [-0.4, -0.2) is 41.6 Å². The van der Waals surface area contributed by atoms with E-state index in [2.05, 4.69) is 10.6 Å². The normalized spacial score (nSPS) is 15.7. The fourth-order valence-electron chi connectivity index (χ4n) is 3.66. The highest BCUT2D eigenvalue weighted by Gasteiger charge is 2.34. The molecule has 0 aliphatic carbocycles. The summed E-state index contributed by atoms with van der Waals surface area (Å²) in [6, 6.07) is 16.0. The van der Waals surface area contributed by atoms with Crippen molar-refractivity contribution in [3.05, 3.63) is 71.4 Å². The third kappa shape index (κ3) is 6.35. The van der Waals surface area contributed by atoms with Crippen LogP contribution in [0.5, 0.6) is 5.75 Å². The van der Waals surface area contributed by atoms with Gasteiger partial charge in [0.25, 0.3) is 5.91 Å². The van der Waals surface area contributed by atoms with Crippen molar-refractivity contribution < 1.29 is 19.1 Å². The number of rotatable bonds is 9. The quantitative estimate of drug-likeness (QED) is 0.405. The molecule has 3 rings (SSSR count). The number of carbonyl (C=O) groups is 2. The largest absolute Gasteiger partial charge is 0.484 e. The van der Waals surface area contributed by atoms with Gasteiger partial charge in [0.2, 0.25) is 0 Å². The lowest BCUT2D eigenvalue weighted by Gasteiger charge is -2.37. The number of nitrogens with one attached hydrogen (secondary N) is 2. The molecule has 1 atom stereocenters. The Bertz CT molecular complexity index is 1070. The lowest BCUT2D eigenvalue weighted by Crippen LogP contribution is -2.47. The number of hydrogen-bond donors (Lipinski definition) is 2. The lowest BCUT2D eigenvalue weighted by atomic mass is 9.94. The van der Waals surface area contributed by atoms with E-state index in [1.807, 2.05) is 69.0 Å². The van der Waals surface area contributed by atoms with Crippen LogP contribution in [0.1, 0.15) is 39.3 Å². The Morgan fingerprint density at radius 2 is 1.88 bits per heavy atom. The van der Waals surface area contributed by atoms with Gasteiger partial charge in [-0.15, -0.1) is 0 Å². The van der Waals surface area contributed by atoms with Gasteiger partial charge in [-0.2, -0.15) is 0 Å². The highest BCUT2D eigenvalue weighted by molar-refractivity contribution is 7.80. The fraction of sp³-hybridized carbons (Fsp3) is 0.346. The van der Waals surface area contributed by atoms with Crippen molar-refractivity contribution in [2.75, 3.05) is 25.1 Å². The molecule has 0 spiro atoms. The van der Waals surface area contributed by atoms with Crippen molar-refractivity contribution in [2.45, 2.75) is 33.7 Å². The van der Waals surface area contributed by atoms with E-state index in [0.717, 1.165) is 11.3 Å². The second-order valence-corrected chi connectivity index (χ2v) is 8.78. The summed E-state index contributed by atoms with van der Waals surface area (Å²) in [6.45, 7) is 8.68. The Morgan fingerprint density at radius 3 is 2.56 bits per heavy atom. The predicted octanol–water partition coefficient (Wildman–Crippen LogP) is 4.43. The number of benzene rings is 2. The zero-order valence-electron chi connectivity index (χ0n) is 20.0. The maximum atomic E-state index is 13.1. The van der Waals surface area contributed by atoms with Crippen LogP contribution in [0.4, 0.5) is 5.69 Å². The molecule has 34 heavy (non-hydrogen) atoms. The Balaban J connectivity index is 1.80. The maximum absolute atomic E-state index is 13.1. The second-order valence-electron chi connectivity index (χ2n) is 8.39. The van der Waals surface area contributed by atoms with Crippen molar-refractivity contribution in [1.82, 2.24) is 10.2 Å². The Hall–Kier alpha value is -3.39. The van der Waals surface area contributed by atoms with E-state index < -0.39 is 6.04 Å².